The van der Waals surface area contributed by atoms with Gasteiger partial charge in [0.2, 0.25) is 5.91 Å². The van der Waals surface area contributed by atoms with Gasteiger partial charge >= 0.3 is 0 Å². The molecule has 2 N–H and O–H groups in total. The smallest absolute Gasteiger partial charge is 0.246 e. The van der Waals surface area contributed by atoms with Crippen molar-refractivity contribution in [3.63, 3.8) is 0 Å². The molecule has 0 saturated heterocycles. The lowest BCUT2D eigenvalue weighted by atomic mass is 10.0. The summed E-state index contributed by atoms with van der Waals surface area (Å²) in [5.74, 6) is 0.782. The second-order valence-electron chi connectivity index (χ2n) is 6.52. The Balaban J connectivity index is 1.76. The molecule has 2 heterocycles. The first kappa shape index (κ1) is 15.6. The number of anilines is 1. The molecular formula is C17H22N4O2. The van der Waals surface area contributed by atoms with Crippen molar-refractivity contribution in [1.29, 1.82) is 0 Å². The Bertz CT molecular complexity index is 736. The van der Waals surface area contributed by atoms with Crippen LogP contribution in [0.5, 0.6) is 5.75 Å². The molecule has 1 aromatic heterocycles. The molecule has 122 valence electrons. The van der Waals surface area contributed by atoms with E-state index in [0.29, 0.717) is 0 Å². The summed E-state index contributed by atoms with van der Waals surface area (Å²) in [5, 5.41) is 10.1. The first-order valence-electron chi connectivity index (χ1n) is 7.66. The van der Waals surface area contributed by atoms with E-state index >= 15 is 0 Å². The van der Waals surface area contributed by atoms with E-state index in [9.17, 15) is 4.79 Å². The summed E-state index contributed by atoms with van der Waals surface area (Å²) >= 11 is 0. The molecule has 0 fully saturated rings. The first-order chi connectivity index (χ1) is 10.9. The van der Waals surface area contributed by atoms with Gasteiger partial charge in [-0.05, 0) is 39.1 Å². The second kappa shape index (κ2) is 5.70. The summed E-state index contributed by atoms with van der Waals surface area (Å²) in [6, 6.07) is 5.33. The van der Waals surface area contributed by atoms with Crippen molar-refractivity contribution in [2.24, 2.45) is 7.05 Å². The Morgan fingerprint density at radius 3 is 2.87 bits per heavy atom. The van der Waals surface area contributed by atoms with Crippen molar-refractivity contribution in [2.75, 3.05) is 12.4 Å². The van der Waals surface area contributed by atoms with Crippen LogP contribution in [-0.4, -0.2) is 28.3 Å². The van der Waals surface area contributed by atoms with Gasteiger partial charge in [-0.15, -0.1) is 0 Å². The van der Waals surface area contributed by atoms with E-state index in [2.05, 4.69) is 29.6 Å². The summed E-state index contributed by atoms with van der Waals surface area (Å²) in [6.45, 7) is 4.12. The van der Waals surface area contributed by atoms with E-state index in [1.165, 1.54) is 0 Å². The van der Waals surface area contributed by atoms with Gasteiger partial charge in [0.25, 0.3) is 0 Å². The van der Waals surface area contributed by atoms with Gasteiger partial charge in [-0.2, -0.15) is 5.10 Å². The standard InChI is InChI=1S/C17H22N4O2/c1-17(2)8-11-7-13(5-6-14(11)23-17)20-16(22)15(18-3)12-9-19-21(4)10-12/h5-7,9-10,15,18H,8H2,1-4H3,(H,20,22). The molecule has 0 saturated carbocycles. The fraction of sp³-hybridized carbons (Fsp3) is 0.412. The number of rotatable bonds is 4. The van der Waals surface area contributed by atoms with Crippen LogP contribution in [0.4, 0.5) is 5.69 Å². The number of carbonyl (C=O) groups is 1. The Kier molecular flexibility index (Phi) is 3.85. The number of amides is 1. The number of fused-ring (bicyclic) bond motifs is 1. The molecule has 1 aliphatic heterocycles. The van der Waals surface area contributed by atoms with Crippen molar-refractivity contribution >= 4 is 11.6 Å². The van der Waals surface area contributed by atoms with Crippen LogP contribution in [0.25, 0.3) is 0 Å². The highest BCUT2D eigenvalue weighted by Gasteiger charge is 2.30. The van der Waals surface area contributed by atoms with Gasteiger partial charge in [0.15, 0.2) is 0 Å². The Hall–Kier alpha value is -2.34. The van der Waals surface area contributed by atoms with Crippen LogP contribution in [0.3, 0.4) is 0 Å². The maximum atomic E-state index is 12.5. The number of nitrogens with one attached hydrogen (secondary N) is 2. The van der Waals surface area contributed by atoms with Crippen LogP contribution in [0.2, 0.25) is 0 Å². The average molecular weight is 314 g/mol. The summed E-state index contributed by atoms with van der Waals surface area (Å²) in [5.41, 5.74) is 2.54. The van der Waals surface area contributed by atoms with Crippen molar-refractivity contribution in [3.05, 3.63) is 41.7 Å². The summed E-state index contributed by atoms with van der Waals surface area (Å²) < 4.78 is 7.54. The molecule has 6 nitrogen and oxygen atoms in total. The van der Waals surface area contributed by atoms with Crippen molar-refractivity contribution < 1.29 is 9.53 Å². The minimum Gasteiger partial charge on any atom is -0.487 e. The molecule has 0 aliphatic carbocycles. The number of aryl methyl sites for hydroxylation is 1. The minimum absolute atomic E-state index is 0.112. The number of ether oxygens (including phenoxy) is 1. The molecule has 23 heavy (non-hydrogen) atoms. The van der Waals surface area contributed by atoms with Gasteiger partial charge in [-0.3, -0.25) is 9.48 Å². The number of aromatic nitrogens is 2. The van der Waals surface area contributed by atoms with E-state index in [0.717, 1.165) is 29.0 Å². The molecule has 1 aliphatic rings. The third kappa shape index (κ3) is 3.22. The highest BCUT2D eigenvalue weighted by atomic mass is 16.5. The normalized spacial score (nSPS) is 16.5. The Morgan fingerprint density at radius 2 is 2.22 bits per heavy atom. The molecule has 0 spiro atoms. The lowest BCUT2D eigenvalue weighted by molar-refractivity contribution is -0.118. The predicted molar refractivity (Wildman–Crippen MR) is 88.5 cm³/mol. The largest absolute Gasteiger partial charge is 0.487 e. The lowest BCUT2D eigenvalue weighted by Gasteiger charge is -2.16. The van der Waals surface area contributed by atoms with Crippen molar-refractivity contribution in [2.45, 2.75) is 31.9 Å². The molecule has 0 bridgehead atoms. The molecule has 1 aromatic carbocycles. The third-order valence-corrected chi connectivity index (χ3v) is 3.94. The molecule has 6 heteroatoms. The molecular weight excluding hydrogens is 292 g/mol. The van der Waals surface area contributed by atoms with Gasteiger partial charge in [0.1, 0.15) is 17.4 Å². The zero-order valence-electron chi connectivity index (χ0n) is 13.9. The summed E-state index contributed by atoms with van der Waals surface area (Å²) in [6.07, 6.45) is 4.36. The minimum atomic E-state index is -0.440. The monoisotopic (exact) mass is 314 g/mol. The van der Waals surface area contributed by atoms with Gasteiger partial charge < -0.3 is 15.4 Å². The van der Waals surface area contributed by atoms with Gasteiger partial charge in [0, 0.05) is 36.5 Å². The van der Waals surface area contributed by atoms with E-state index in [-0.39, 0.29) is 11.5 Å². The number of likely N-dealkylation sites (N-methyl/N-ethyl adjacent to an activating group) is 1. The zero-order valence-corrected chi connectivity index (χ0v) is 13.9. The van der Waals surface area contributed by atoms with Crippen LogP contribution in [0.15, 0.2) is 30.6 Å². The van der Waals surface area contributed by atoms with Crippen LogP contribution in [0, 0.1) is 0 Å². The molecule has 1 unspecified atom stereocenters. The first-order valence-corrected chi connectivity index (χ1v) is 7.66. The number of benzene rings is 1. The van der Waals surface area contributed by atoms with Crippen LogP contribution in [0.1, 0.15) is 31.0 Å². The van der Waals surface area contributed by atoms with Crippen molar-refractivity contribution in [3.8, 4) is 5.75 Å². The van der Waals surface area contributed by atoms with Gasteiger partial charge in [-0.1, -0.05) is 0 Å². The van der Waals surface area contributed by atoms with Gasteiger partial charge in [0.05, 0.1) is 6.20 Å². The fourth-order valence-electron chi connectivity index (χ4n) is 2.94. The van der Waals surface area contributed by atoms with E-state index in [4.69, 9.17) is 4.74 Å². The number of nitrogens with zero attached hydrogens (tertiary/aromatic N) is 2. The molecule has 0 radical (unpaired) electrons. The molecule has 3 rings (SSSR count). The van der Waals surface area contributed by atoms with Crippen LogP contribution in [-0.2, 0) is 18.3 Å². The fourth-order valence-corrected chi connectivity index (χ4v) is 2.94. The highest BCUT2D eigenvalue weighted by molar-refractivity contribution is 5.95. The van der Waals surface area contributed by atoms with E-state index in [1.54, 1.807) is 17.9 Å². The van der Waals surface area contributed by atoms with Crippen LogP contribution < -0.4 is 15.4 Å². The lowest BCUT2D eigenvalue weighted by Crippen LogP contribution is -2.30. The second-order valence-corrected chi connectivity index (χ2v) is 6.52. The third-order valence-electron chi connectivity index (χ3n) is 3.94. The topological polar surface area (TPSA) is 68.2 Å². The van der Waals surface area contributed by atoms with E-state index in [1.807, 2.05) is 31.4 Å². The molecule has 2 aromatic rings. The summed E-state index contributed by atoms with van der Waals surface area (Å²) in [7, 11) is 3.59. The molecule has 1 atom stereocenters. The Labute approximate surface area is 135 Å². The number of hydrogen-bond donors (Lipinski definition) is 2. The summed E-state index contributed by atoms with van der Waals surface area (Å²) in [4.78, 5) is 12.5. The van der Waals surface area contributed by atoms with E-state index < -0.39 is 6.04 Å². The number of hydrogen-bond acceptors (Lipinski definition) is 4. The number of carbonyl (C=O) groups excluding carboxylic acids is 1. The SMILES string of the molecule is CNC(C(=O)Nc1ccc2c(c1)CC(C)(C)O2)c1cnn(C)c1. The Morgan fingerprint density at radius 1 is 1.43 bits per heavy atom. The maximum Gasteiger partial charge on any atom is 0.246 e. The predicted octanol–water partition coefficient (Wildman–Crippen LogP) is 2.03. The highest BCUT2D eigenvalue weighted by Crippen LogP contribution is 2.36. The molecule has 1 amide bonds. The van der Waals surface area contributed by atoms with Gasteiger partial charge in [-0.25, -0.2) is 0 Å². The average Bonchev–Trinajstić information content (AvgIpc) is 3.01. The van der Waals surface area contributed by atoms with Crippen LogP contribution >= 0.6 is 0 Å². The quantitative estimate of drug-likeness (QED) is 0.906. The zero-order chi connectivity index (χ0) is 16.6. The van der Waals surface area contributed by atoms with Crippen molar-refractivity contribution in [1.82, 2.24) is 15.1 Å². The maximum absolute atomic E-state index is 12.5.